The molecule has 1 aliphatic rings. The first-order valence-electron chi connectivity index (χ1n) is 6.94. The molecule has 0 saturated carbocycles. The Morgan fingerprint density at radius 2 is 2.35 bits per heavy atom. The van der Waals surface area contributed by atoms with Crippen LogP contribution in [0.15, 0.2) is 18.5 Å². The summed E-state index contributed by atoms with van der Waals surface area (Å²) in [6.45, 7) is 3.61. The van der Waals surface area contributed by atoms with Crippen LogP contribution in [0.1, 0.15) is 40.5 Å². The number of likely N-dealkylation sites (tertiary alicyclic amines) is 1. The molecule has 0 spiro atoms. The number of aromatic nitrogens is 4. The maximum absolute atomic E-state index is 12.5. The number of aryl methyl sites for hydroxylation is 2. The van der Waals surface area contributed by atoms with Crippen LogP contribution < -0.4 is 0 Å². The van der Waals surface area contributed by atoms with Gasteiger partial charge in [0, 0.05) is 37.9 Å². The first kappa shape index (κ1) is 12.9. The van der Waals surface area contributed by atoms with E-state index in [0.717, 1.165) is 31.6 Å². The van der Waals surface area contributed by atoms with Crippen LogP contribution in [0, 0.1) is 6.92 Å². The van der Waals surface area contributed by atoms with Crippen LogP contribution in [0.2, 0.25) is 0 Å². The van der Waals surface area contributed by atoms with Crippen molar-refractivity contribution in [3.05, 3.63) is 35.4 Å². The van der Waals surface area contributed by atoms with Crippen LogP contribution in [0.25, 0.3) is 0 Å². The molecule has 20 heavy (non-hydrogen) atoms. The molecular formula is C14H19N5O. The van der Waals surface area contributed by atoms with E-state index in [0.29, 0.717) is 11.6 Å². The van der Waals surface area contributed by atoms with Gasteiger partial charge in [-0.15, -0.1) is 0 Å². The lowest BCUT2D eigenvalue weighted by Crippen LogP contribution is -2.40. The van der Waals surface area contributed by atoms with E-state index in [1.54, 1.807) is 24.0 Å². The molecule has 6 nitrogen and oxygen atoms in total. The van der Waals surface area contributed by atoms with Gasteiger partial charge in [0.05, 0.1) is 6.20 Å². The molecule has 106 valence electrons. The zero-order chi connectivity index (χ0) is 14.1. The molecule has 0 radical (unpaired) electrons. The second-order valence-electron chi connectivity index (χ2n) is 5.40. The smallest absolute Gasteiger partial charge is 0.272 e. The number of hydrogen-bond acceptors (Lipinski definition) is 3. The largest absolute Gasteiger partial charge is 0.337 e. The van der Waals surface area contributed by atoms with Crippen molar-refractivity contribution in [2.75, 3.05) is 13.1 Å². The molecule has 1 saturated heterocycles. The summed E-state index contributed by atoms with van der Waals surface area (Å²) in [6.07, 6.45) is 5.62. The van der Waals surface area contributed by atoms with Crippen molar-refractivity contribution in [2.24, 2.45) is 7.05 Å². The number of carbonyl (C=O) groups is 1. The first-order valence-corrected chi connectivity index (χ1v) is 6.94. The topological polar surface area (TPSA) is 66.8 Å². The van der Waals surface area contributed by atoms with Gasteiger partial charge in [-0.25, -0.2) is 0 Å². The van der Waals surface area contributed by atoms with E-state index in [-0.39, 0.29) is 5.91 Å². The summed E-state index contributed by atoms with van der Waals surface area (Å²) in [5.41, 5.74) is 2.98. The summed E-state index contributed by atoms with van der Waals surface area (Å²) in [4.78, 5) is 14.4. The molecule has 0 aliphatic carbocycles. The minimum atomic E-state index is 0.0619. The molecule has 1 fully saturated rings. The zero-order valence-electron chi connectivity index (χ0n) is 11.8. The summed E-state index contributed by atoms with van der Waals surface area (Å²) in [6, 6.07) is 1.77. The Hall–Kier alpha value is -2.11. The average Bonchev–Trinajstić information content (AvgIpc) is 3.07. The first-order chi connectivity index (χ1) is 9.66. The lowest BCUT2D eigenvalue weighted by molar-refractivity contribution is 0.0694. The van der Waals surface area contributed by atoms with Gasteiger partial charge >= 0.3 is 0 Å². The summed E-state index contributed by atoms with van der Waals surface area (Å²) < 4.78 is 1.63. The van der Waals surface area contributed by atoms with Crippen molar-refractivity contribution in [3.63, 3.8) is 0 Å². The van der Waals surface area contributed by atoms with Gasteiger partial charge < -0.3 is 4.90 Å². The standard InChI is InChI=1S/C14H19N5O/c1-10-8-15-17-13(10)11-4-3-7-19(9-11)14(20)12-5-6-16-18(12)2/h5-6,8,11H,3-4,7,9H2,1-2H3,(H,15,17)/t11-/m1/s1. The summed E-state index contributed by atoms with van der Waals surface area (Å²) >= 11 is 0. The normalized spacial score (nSPS) is 19.3. The SMILES string of the molecule is Cc1cn[nH]c1[C@@H]1CCCN(C(=O)c2ccnn2C)C1. The van der Waals surface area contributed by atoms with E-state index in [2.05, 4.69) is 22.2 Å². The van der Waals surface area contributed by atoms with Crippen LogP contribution in [-0.2, 0) is 7.05 Å². The van der Waals surface area contributed by atoms with E-state index < -0.39 is 0 Å². The van der Waals surface area contributed by atoms with Crippen molar-refractivity contribution >= 4 is 5.91 Å². The molecule has 3 rings (SSSR count). The molecule has 6 heteroatoms. The molecule has 2 aromatic heterocycles. The Bertz CT molecular complexity index is 615. The number of nitrogens with one attached hydrogen (secondary N) is 1. The number of hydrogen-bond donors (Lipinski definition) is 1. The molecular weight excluding hydrogens is 254 g/mol. The van der Waals surface area contributed by atoms with Crippen LogP contribution in [0.5, 0.6) is 0 Å². The number of carbonyl (C=O) groups excluding carboxylic acids is 1. The van der Waals surface area contributed by atoms with E-state index in [1.165, 1.54) is 5.56 Å². The number of amides is 1. The van der Waals surface area contributed by atoms with Crippen molar-refractivity contribution in [2.45, 2.75) is 25.7 Å². The molecule has 0 bridgehead atoms. The van der Waals surface area contributed by atoms with Gasteiger partial charge in [-0.2, -0.15) is 10.2 Å². The Morgan fingerprint density at radius 3 is 3.00 bits per heavy atom. The fourth-order valence-corrected chi connectivity index (χ4v) is 2.91. The van der Waals surface area contributed by atoms with Gasteiger partial charge in [0.2, 0.25) is 0 Å². The van der Waals surface area contributed by atoms with Gasteiger partial charge in [-0.1, -0.05) is 0 Å². The highest BCUT2D eigenvalue weighted by Gasteiger charge is 2.28. The second-order valence-corrected chi connectivity index (χ2v) is 5.40. The Morgan fingerprint density at radius 1 is 1.50 bits per heavy atom. The lowest BCUT2D eigenvalue weighted by Gasteiger charge is -2.32. The highest BCUT2D eigenvalue weighted by Crippen LogP contribution is 2.28. The third kappa shape index (κ3) is 2.21. The van der Waals surface area contributed by atoms with Crippen molar-refractivity contribution in [3.8, 4) is 0 Å². The molecule has 0 unspecified atom stereocenters. The number of H-pyrrole nitrogens is 1. The van der Waals surface area contributed by atoms with E-state index >= 15 is 0 Å². The maximum atomic E-state index is 12.5. The van der Waals surface area contributed by atoms with Crippen molar-refractivity contribution in [1.82, 2.24) is 24.9 Å². The van der Waals surface area contributed by atoms with Gasteiger partial charge in [0.15, 0.2) is 0 Å². The molecule has 1 N–H and O–H groups in total. The fourth-order valence-electron chi connectivity index (χ4n) is 2.91. The minimum Gasteiger partial charge on any atom is -0.337 e. The zero-order valence-corrected chi connectivity index (χ0v) is 11.8. The van der Waals surface area contributed by atoms with Crippen molar-refractivity contribution < 1.29 is 4.79 Å². The number of rotatable bonds is 2. The van der Waals surface area contributed by atoms with Gasteiger partial charge in [-0.3, -0.25) is 14.6 Å². The molecule has 2 aromatic rings. The summed E-state index contributed by atoms with van der Waals surface area (Å²) in [5, 5.41) is 11.2. The Kier molecular flexibility index (Phi) is 3.30. The predicted octanol–water partition coefficient (Wildman–Crippen LogP) is 1.47. The van der Waals surface area contributed by atoms with Crippen LogP contribution in [-0.4, -0.2) is 43.9 Å². The van der Waals surface area contributed by atoms with Gasteiger partial charge in [0.1, 0.15) is 5.69 Å². The highest BCUT2D eigenvalue weighted by molar-refractivity contribution is 5.92. The molecule has 1 amide bonds. The average molecular weight is 273 g/mol. The quantitative estimate of drug-likeness (QED) is 0.901. The molecule has 0 aromatic carbocycles. The number of nitrogens with zero attached hydrogens (tertiary/aromatic N) is 4. The van der Waals surface area contributed by atoms with E-state index in [9.17, 15) is 4.79 Å². The van der Waals surface area contributed by atoms with E-state index in [4.69, 9.17) is 0 Å². The predicted molar refractivity (Wildman–Crippen MR) is 74.4 cm³/mol. The third-order valence-corrected chi connectivity index (χ3v) is 4.02. The van der Waals surface area contributed by atoms with Crippen LogP contribution in [0.3, 0.4) is 0 Å². The highest BCUT2D eigenvalue weighted by atomic mass is 16.2. The number of aromatic amines is 1. The van der Waals surface area contributed by atoms with Crippen molar-refractivity contribution in [1.29, 1.82) is 0 Å². The Balaban J connectivity index is 1.77. The fraction of sp³-hybridized carbons (Fsp3) is 0.500. The lowest BCUT2D eigenvalue weighted by atomic mass is 9.93. The van der Waals surface area contributed by atoms with E-state index in [1.807, 2.05) is 11.1 Å². The van der Waals surface area contributed by atoms with Gasteiger partial charge in [-0.05, 0) is 31.4 Å². The molecule has 1 aliphatic heterocycles. The molecule has 3 heterocycles. The van der Waals surface area contributed by atoms with Crippen LogP contribution in [0.4, 0.5) is 0 Å². The second kappa shape index (κ2) is 5.11. The number of piperidine rings is 1. The molecule has 1 atom stereocenters. The van der Waals surface area contributed by atoms with Crippen LogP contribution >= 0.6 is 0 Å². The summed E-state index contributed by atoms with van der Waals surface area (Å²) in [7, 11) is 1.80. The third-order valence-electron chi connectivity index (χ3n) is 4.02. The maximum Gasteiger partial charge on any atom is 0.272 e. The monoisotopic (exact) mass is 273 g/mol. The van der Waals surface area contributed by atoms with Gasteiger partial charge in [0.25, 0.3) is 5.91 Å². The summed E-state index contributed by atoms with van der Waals surface area (Å²) in [5.74, 6) is 0.412. The minimum absolute atomic E-state index is 0.0619. The Labute approximate surface area is 117 Å².